The van der Waals surface area contributed by atoms with Crippen LogP contribution in [-0.4, -0.2) is 42.2 Å². The molecule has 0 bridgehead atoms. The molecule has 3 aliphatic heterocycles. The number of rotatable bonds is 1. The molecular weight excluding hydrogens is 328 g/mol. The fraction of sp³-hybridized carbons (Fsp3) is 0.476. The number of piperidine rings is 1. The molecule has 3 aliphatic rings. The van der Waals surface area contributed by atoms with Crippen LogP contribution >= 0.6 is 0 Å². The first-order valence-electron chi connectivity index (χ1n) is 9.44. The zero-order chi connectivity index (χ0) is 17.8. The summed E-state index contributed by atoms with van der Waals surface area (Å²) in [5, 5.41) is 1.34. The molecule has 0 spiro atoms. The monoisotopic (exact) mass is 352 g/mol. The van der Waals surface area contributed by atoms with Gasteiger partial charge in [-0.15, -0.1) is 0 Å². The number of aromatic amines is 1. The highest BCUT2D eigenvalue weighted by Crippen LogP contribution is 2.47. The smallest absolute Gasteiger partial charge is 0.337 e. The predicted molar refractivity (Wildman–Crippen MR) is 98.6 cm³/mol. The van der Waals surface area contributed by atoms with Gasteiger partial charge in [0.05, 0.1) is 31.1 Å². The fourth-order valence-corrected chi connectivity index (χ4v) is 5.19. The Morgan fingerprint density at radius 3 is 3.04 bits per heavy atom. The first kappa shape index (κ1) is 15.9. The highest BCUT2D eigenvalue weighted by atomic mass is 16.5. The number of methoxy groups -OCH3 is 1. The number of benzene rings is 1. The molecule has 26 heavy (non-hydrogen) atoms. The molecule has 1 aromatic heterocycles. The fourth-order valence-electron chi connectivity index (χ4n) is 5.19. The number of carbonyl (C=O) groups is 1. The molecule has 1 fully saturated rings. The maximum atomic E-state index is 12.3. The summed E-state index contributed by atoms with van der Waals surface area (Å²) in [4.78, 5) is 18.5. The van der Waals surface area contributed by atoms with Gasteiger partial charge in [-0.05, 0) is 31.4 Å². The van der Waals surface area contributed by atoms with E-state index in [0.29, 0.717) is 17.5 Å². The number of hydrogen-bond donors (Lipinski definition) is 1. The average molecular weight is 352 g/mol. The summed E-state index contributed by atoms with van der Waals surface area (Å²) in [7, 11) is 1.45. The highest BCUT2D eigenvalue weighted by Gasteiger charge is 2.46. The van der Waals surface area contributed by atoms with Gasteiger partial charge in [-0.3, -0.25) is 4.90 Å². The van der Waals surface area contributed by atoms with Crippen LogP contribution in [0.3, 0.4) is 0 Å². The molecule has 136 valence electrons. The second-order valence-electron chi connectivity index (χ2n) is 7.74. The molecular formula is C21H24N2O3. The molecule has 1 saturated heterocycles. The molecule has 0 saturated carbocycles. The summed E-state index contributed by atoms with van der Waals surface area (Å²) in [6.45, 7) is 4.13. The van der Waals surface area contributed by atoms with Gasteiger partial charge < -0.3 is 14.5 Å². The summed E-state index contributed by atoms with van der Waals surface area (Å²) in [6.07, 6.45) is 3.77. The molecule has 4 atom stereocenters. The molecule has 1 N–H and O–H groups in total. The Hall–Kier alpha value is -2.27. The minimum absolute atomic E-state index is 0.124. The van der Waals surface area contributed by atoms with Gasteiger partial charge in [-0.1, -0.05) is 18.2 Å². The summed E-state index contributed by atoms with van der Waals surface area (Å²) < 4.78 is 10.8. The normalized spacial score (nSPS) is 30.6. The van der Waals surface area contributed by atoms with Gasteiger partial charge in [0.25, 0.3) is 0 Å². The van der Waals surface area contributed by atoms with E-state index in [1.54, 1.807) is 6.26 Å². The first-order valence-corrected chi connectivity index (χ1v) is 9.44. The third-order valence-electron chi connectivity index (χ3n) is 6.54. The maximum absolute atomic E-state index is 12.3. The van der Waals surface area contributed by atoms with Gasteiger partial charge in [0.15, 0.2) is 0 Å². The number of H-pyrrole nitrogens is 1. The molecule has 5 rings (SSSR count). The van der Waals surface area contributed by atoms with E-state index in [-0.39, 0.29) is 18.0 Å². The van der Waals surface area contributed by atoms with Crippen molar-refractivity contribution >= 4 is 16.9 Å². The summed E-state index contributed by atoms with van der Waals surface area (Å²) >= 11 is 0. The molecule has 0 aliphatic carbocycles. The number of nitrogens with zero attached hydrogens (tertiary/aromatic N) is 1. The lowest BCUT2D eigenvalue weighted by Gasteiger charge is -2.49. The molecule has 0 radical (unpaired) electrons. The van der Waals surface area contributed by atoms with E-state index in [9.17, 15) is 4.79 Å². The standard InChI is InChI=1S/C21H24N2O3/c1-12-16-10-23-8-7-14-13-5-3-4-6-18(13)22-20(14)19(23)9-15(16)17(11-26-12)21(24)25-2/h3-6,11-12,15-16,19,22H,7-10H2,1-2H3/t12?,15?,16?,19-/m1/s1. The zero-order valence-electron chi connectivity index (χ0n) is 15.2. The van der Waals surface area contributed by atoms with Crippen molar-refractivity contribution in [2.45, 2.75) is 31.9 Å². The van der Waals surface area contributed by atoms with Crippen LogP contribution in [0.2, 0.25) is 0 Å². The number of ether oxygens (including phenoxy) is 2. The Bertz CT molecular complexity index is 900. The predicted octanol–water partition coefficient (Wildman–Crippen LogP) is 3.18. The minimum atomic E-state index is -0.256. The van der Waals surface area contributed by atoms with Gasteiger partial charge in [0, 0.05) is 41.5 Å². The van der Waals surface area contributed by atoms with E-state index >= 15 is 0 Å². The molecule has 3 unspecified atom stereocenters. The van der Waals surface area contributed by atoms with Crippen LogP contribution < -0.4 is 0 Å². The van der Waals surface area contributed by atoms with Gasteiger partial charge in [-0.2, -0.15) is 0 Å². The third kappa shape index (κ3) is 2.23. The van der Waals surface area contributed by atoms with E-state index in [1.807, 2.05) is 0 Å². The van der Waals surface area contributed by atoms with Crippen molar-refractivity contribution in [1.29, 1.82) is 0 Å². The van der Waals surface area contributed by atoms with Crippen molar-refractivity contribution in [2.75, 3.05) is 20.2 Å². The maximum Gasteiger partial charge on any atom is 0.337 e. The van der Waals surface area contributed by atoms with Crippen molar-refractivity contribution in [3.8, 4) is 0 Å². The molecule has 2 aromatic rings. The lowest BCUT2D eigenvalue weighted by molar-refractivity contribution is -0.139. The van der Waals surface area contributed by atoms with Gasteiger partial charge in [0.2, 0.25) is 0 Å². The topological polar surface area (TPSA) is 54.6 Å². The Labute approximate surface area is 153 Å². The Morgan fingerprint density at radius 1 is 1.35 bits per heavy atom. The lowest BCUT2D eigenvalue weighted by atomic mass is 9.72. The van der Waals surface area contributed by atoms with Crippen molar-refractivity contribution in [2.24, 2.45) is 11.8 Å². The van der Waals surface area contributed by atoms with Gasteiger partial charge in [-0.25, -0.2) is 4.79 Å². The van der Waals surface area contributed by atoms with Gasteiger partial charge >= 0.3 is 5.97 Å². The zero-order valence-corrected chi connectivity index (χ0v) is 15.2. The van der Waals surface area contributed by atoms with E-state index in [2.05, 4.69) is 41.1 Å². The lowest BCUT2D eigenvalue weighted by Crippen LogP contribution is -2.51. The average Bonchev–Trinajstić information content (AvgIpc) is 3.06. The van der Waals surface area contributed by atoms with Crippen LogP contribution in [-0.2, 0) is 20.7 Å². The number of aromatic nitrogens is 1. The van der Waals surface area contributed by atoms with Gasteiger partial charge in [0.1, 0.15) is 0 Å². The third-order valence-corrected chi connectivity index (χ3v) is 6.54. The van der Waals surface area contributed by atoms with Crippen molar-refractivity contribution in [1.82, 2.24) is 9.88 Å². The van der Waals surface area contributed by atoms with Crippen LogP contribution in [0.1, 0.15) is 30.6 Å². The van der Waals surface area contributed by atoms with E-state index in [1.165, 1.54) is 29.3 Å². The van der Waals surface area contributed by atoms with Crippen molar-refractivity contribution in [3.63, 3.8) is 0 Å². The number of para-hydroxylation sites is 1. The molecule has 5 nitrogen and oxygen atoms in total. The van der Waals surface area contributed by atoms with E-state index in [0.717, 1.165) is 25.9 Å². The van der Waals surface area contributed by atoms with Crippen LogP contribution in [0.4, 0.5) is 0 Å². The van der Waals surface area contributed by atoms with E-state index in [4.69, 9.17) is 9.47 Å². The SMILES string of the molecule is COC(=O)C1=COC(C)C2CN3CCc4c([nH]c5ccccc45)[C@H]3CC12. The first-order chi connectivity index (χ1) is 12.7. The largest absolute Gasteiger partial charge is 0.497 e. The number of fused-ring (bicyclic) bond motifs is 6. The Balaban J connectivity index is 1.55. The molecule has 1 aromatic carbocycles. The second kappa shape index (κ2) is 5.88. The number of hydrogen-bond acceptors (Lipinski definition) is 4. The minimum Gasteiger partial charge on any atom is -0.497 e. The van der Waals surface area contributed by atoms with Crippen LogP contribution in [0.15, 0.2) is 36.1 Å². The highest BCUT2D eigenvalue weighted by molar-refractivity contribution is 5.89. The Kier molecular flexibility index (Phi) is 3.60. The quantitative estimate of drug-likeness (QED) is 0.801. The Morgan fingerprint density at radius 2 is 2.19 bits per heavy atom. The van der Waals surface area contributed by atoms with Crippen molar-refractivity contribution < 1.29 is 14.3 Å². The van der Waals surface area contributed by atoms with E-state index < -0.39 is 0 Å². The molecule has 4 heterocycles. The summed E-state index contributed by atoms with van der Waals surface area (Å²) in [5.41, 5.74) is 4.69. The second-order valence-corrected chi connectivity index (χ2v) is 7.74. The van der Waals surface area contributed by atoms with Crippen LogP contribution in [0.25, 0.3) is 10.9 Å². The van der Waals surface area contributed by atoms with Crippen molar-refractivity contribution in [3.05, 3.63) is 47.4 Å². The summed E-state index contributed by atoms with van der Waals surface area (Å²) in [6, 6.07) is 8.88. The number of carbonyl (C=O) groups excluding carboxylic acids is 1. The molecule has 0 amide bonds. The number of esters is 1. The number of nitrogens with one attached hydrogen (secondary N) is 1. The molecule has 5 heteroatoms. The summed E-state index contributed by atoms with van der Waals surface area (Å²) in [5.74, 6) is 0.258. The van der Waals surface area contributed by atoms with Crippen LogP contribution in [0, 0.1) is 11.8 Å². The van der Waals surface area contributed by atoms with Crippen LogP contribution in [0.5, 0.6) is 0 Å².